The minimum Gasteiger partial charge on any atom is -0.456 e. The van der Waals surface area contributed by atoms with Gasteiger partial charge in [-0.2, -0.15) is 0 Å². The SMILES string of the molecule is CC12c3ccccc3-c3cccc(c31)N(c1ccc(-c3cccc4c3oc3ccccc34)cc1)c1c2ccc2oc3ccc(-c4ccc5c(c4)c4ccccc4n5-c4ccccc4)cc3c12. The maximum atomic E-state index is 6.85. The van der Waals surface area contributed by atoms with E-state index in [0.717, 1.165) is 83.2 Å². The smallest absolute Gasteiger partial charge is 0.143 e. The van der Waals surface area contributed by atoms with Gasteiger partial charge in [-0.1, -0.05) is 140 Å². The Bertz CT molecular complexity index is 4190. The van der Waals surface area contributed by atoms with Crippen molar-refractivity contribution in [3.8, 4) is 39.1 Å². The second-order valence-corrected chi connectivity index (χ2v) is 18.1. The molecule has 0 fully saturated rings. The van der Waals surface area contributed by atoms with E-state index >= 15 is 0 Å². The summed E-state index contributed by atoms with van der Waals surface area (Å²) in [6, 6.07) is 77.2. The number of rotatable bonds is 4. The fourth-order valence-corrected chi connectivity index (χ4v) is 11.9. The quantitative estimate of drug-likeness (QED) is 0.177. The van der Waals surface area contributed by atoms with Gasteiger partial charge in [0.05, 0.1) is 27.8 Å². The highest BCUT2D eigenvalue weighted by Crippen LogP contribution is 2.64. The van der Waals surface area contributed by atoms with Crippen LogP contribution in [-0.4, -0.2) is 4.57 Å². The molecule has 308 valence electrons. The highest BCUT2D eigenvalue weighted by Gasteiger charge is 2.49. The van der Waals surface area contributed by atoms with Crippen LogP contribution in [0, 0.1) is 0 Å². The molecule has 0 radical (unpaired) electrons. The average molecular weight is 843 g/mol. The molecule has 2 aliphatic rings. The fraction of sp³-hybridized carbons (Fsp3) is 0.0323. The van der Waals surface area contributed by atoms with Gasteiger partial charge in [-0.3, -0.25) is 0 Å². The van der Waals surface area contributed by atoms with Crippen molar-refractivity contribution in [3.05, 3.63) is 229 Å². The van der Waals surface area contributed by atoms with Gasteiger partial charge in [0, 0.05) is 49.3 Å². The molecule has 10 aromatic carbocycles. The van der Waals surface area contributed by atoms with Gasteiger partial charge in [-0.15, -0.1) is 0 Å². The van der Waals surface area contributed by atoms with Crippen LogP contribution in [0.3, 0.4) is 0 Å². The van der Waals surface area contributed by atoms with Gasteiger partial charge < -0.3 is 18.3 Å². The second kappa shape index (κ2) is 13.0. The first-order chi connectivity index (χ1) is 32.6. The summed E-state index contributed by atoms with van der Waals surface area (Å²) in [5, 5.41) is 6.94. The maximum Gasteiger partial charge on any atom is 0.143 e. The molecule has 4 heterocycles. The minimum absolute atomic E-state index is 0.390. The molecule has 3 aromatic heterocycles. The van der Waals surface area contributed by atoms with Crippen LogP contribution in [-0.2, 0) is 5.41 Å². The molecule has 4 heteroatoms. The molecule has 13 aromatic rings. The zero-order valence-corrected chi connectivity index (χ0v) is 35.9. The molecular formula is C62H38N2O2. The number of anilines is 3. The van der Waals surface area contributed by atoms with Gasteiger partial charge in [0.2, 0.25) is 0 Å². The number of para-hydroxylation sites is 4. The van der Waals surface area contributed by atoms with Crippen LogP contribution in [0.1, 0.15) is 23.6 Å². The van der Waals surface area contributed by atoms with Crippen LogP contribution < -0.4 is 4.90 Å². The molecular weight excluding hydrogens is 805 g/mol. The van der Waals surface area contributed by atoms with E-state index in [9.17, 15) is 0 Å². The molecule has 1 atom stereocenters. The van der Waals surface area contributed by atoms with Crippen molar-refractivity contribution in [2.45, 2.75) is 12.3 Å². The van der Waals surface area contributed by atoms with Gasteiger partial charge >= 0.3 is 0 Å². The molecule has 1 unspecified atom stereocenters. The molecule has 0 spiro atoms. The Labute approximate surface area is 379 Å². The van der Waals surface area contributed by atoms with Gasteiger partial charge in [-0.05, 0) is 124 Å². The number of nitrogens with zero attached hydrogens (tertiary/aromatic N) is 2. The predicted octanol–water partition coefficient (Wildman–Crippen LogP) is 17.0. The Hall–Kier alpha value is -8.60. The lowest BCUT2D eigenvalue weighted by Crippen LogP contribution is -2.32. The Morgan fingerprint density at radius 3 is 1.94 bits per heavy atom. The highest BCUT2D eigenvalue weighted by molar-refractivity contribution is 6.18. The summed E-state index contributed by atoms with van der Waals surface area (Å²) in [5.74, 6) is 0. The van der Waals surface area contributed by atoms with Crippen molar-refractivity contribution >= 4 is 82.7 Å². The number of hydrogen-bond acceptors (Lipinski definition) is 3. The Morgan fingerprint density at radius 2 is 1.05 bits per heavy atom. The molecule has 4 nitrogen and oxygen atoms in total. The van der Waals surface area contributed by atoms with E-state index in [1.165, 1.54) is 55.3 Å². The summed E-state index contributed by atoms with van der Waals surface area (Å²) in [7, 11) is 0. The molecule has 66 heavy (non-hydrogen) atoms. The van der Waals surface area contributed by atoms with Gasteiger partial charge in [0.25, 0.3) is 0 Å². The Kier molecular flexibility index (Phi) is 7.05. The standard InChI is InChI=1S/C62H38N2O2/c1-62-50-21-8-5-15-43(50)46-19-12-23-54(59(46)62)64(41-29-25-37(26-30-41)42-18-11-20-47-45-17-7-10-24-55(45)66-61(42)47)60-51(62)31-34-57-58(60)49-36-39(28-33-56(49)65-57)38-27-32-53-48(35-38)44-16-6-9-22-52(44)63(53)40-13-3-2-4-14-40/h2-36H,1H3. The van der Waals surface area contributed by atoms with Crippen LogP contribution in [0.5, 0.6) is 0 Å². The third kappa shape index (κ3) is 4.67. The first-order valence-electron chi connectivity index (χ1n) is 22.7. The van der Waals surface area contributed by atoms with Crippen molar-refractivity contribution in [1.29, 1.82) is 0 Å². The first-order valence-corrected chi connectivity index (χ1v) is 22.7. The second-order valence-electron chi connectivity index (χ2n) is 18.1. The van der Waals surface area contributed by atoms with Crippen molar-refractivity contribution in [2.75, 3.05) is 4.90 Å². The van der Waals surface area contributed by atoms with E-state index in [4.69, 9.17) is 8.83 Å². The lowest BCUT2D eigenvalue weighted by atomic mass is 9.70. The van der Waals surface area contributed by atoms with E-state index in [0.29, 0.717) is 0 Å². The summed E-state index contributed by atoms with van der Waals surface area (Å²) in [5.41, 5.74) is 21.1. The zero-order valence-electron chi connectivity index (χ0n) is 35.9. The Balaban J connectivity index is 0.953. The topological polar surface area (TPSA) is 34.5 Å². The Morgan fingerprint density at radius 1 is 0.394 bits per heavy atom. The summed E-state index contributed by atoms with van der Waals surface area (Å²) in [6.45, 7) is 2.43. The number of fused-ring (bicyclic) bond motifs is 15. The molecule has 0 saturated heterocycles. The van der Waals surface area contributed by atoms with Crippen molar-refractivity contribution in [2.24, 2.45) is 0 Å². The number of aromatic nitrogens is 1. The summed E-state index contributed by atoms with van der Waals surface area (Å²) < 4.78 is 15.7. The normalized spacial score (nSPS) is 15.1. The third-order valence-corrected chi connectivity index (χ3v) is 14.8. The van der Waals surface area contributed by atoms with Crippen LogP contribution in [0.2, 0.25) is 0 Å². The number of hydrogen-bond donors (Lipinski definition) is 0. The summed E-state index contributed by atoms with van der Waals surface area (Å²) in [6.07, 6.45) is 0. The third-order valence-electron chi connectivity index (χ3n) is 14.8. The molecule has 0 amide bonds. The van der Waals surface area contributed by atoms with Gasteiger partial charge in [0.1, 0.15) is 22.3 Å². The lowest BCUT2D eigenvalue weighted by molar-refractivity contribution is 0.666. The maximum absolute atomic E-state index is 6.85. The predicted molar refractivity (Wildman–Crippen MR) is 272 cm³/mol. The lowest BCUT2D eigenvalue weighted by Gasteiger charge is -2.42. The number of furan rings is 2. The highest BCUT2D eigenvalue weighted by atomic mass is 16.3. The van der Waals surface area contributed by atoms with E-state index in [1.807, 2.05) is 12.1 Å². The van der Waals surface area contributed by atoms with E-state index in [1.54, 1.807) is 0 Å². The van der Waals surface area contributed by atoms with Gasteiger partial charge in [0.15, 0.2) is 0 Å². The fourth-order valence-electron chi connectivity index (χ4n) is 11.9. The summed E-state index contributed by atoms with van der Waals surface area (Å²) in [4.78, 5) is 2.50. The largest absolute Gasteiger partial charge is 0.456 e. The molecule has 0 saturated carbocycles. The van der Waals surface area contributed by atoms with E-state index in [-0.39, 0.29) is 0 Å². The molecule has 0 N–H and O–H groups in total. The van der Waals surface area contributed by atoms with Gasteiger partial charge in [-0.25, -0.2) is 0 Å². The molecule has 1 aliphatic carbocycles. The van der Waals surface area contributed by atoms with E-state index < -0.39 is 5.41 Å². The first kappa shape index (κ1) is 35.8. The monoisotopic (exact) mass is 842 g/mol. The molecule has 1 aliphatic heterocycles. The van der Waals surface area contributed by atoms with Crippen LogP contribution in [0.15, 0.2) is 221 Å². The van der Waals surface area contributed by atoms with Crippen LogP contribution in [0.4, 0.5) is 17.1 Å². The zero-order chi connectivity index (χ0) is 43.3. The van der Waals surface area contributed by atoms with Crippen LogP contribution >= 0.6 is 0 Å². The number of benzene rings is 10. The van der Waals surface area contributed by atoms with E-state index in [2.05, 4.69) is 217 Å². The molecule has 0 bridgehead atoms. The van der Waals surface area contributed by atoms with Crippen LogP contribution in [0.25, 0.3) is 105 Å². The molecule has 15 rings (SSSR count). The minimum atomic E-state index is -0.390. The van der Waals surface area contributed by atoms with Crippen molar-refractivity contribution in [3.63, 3.8) is 0 Å². The summed E-state index contributed by atoms with van der Waals surface area (Å²) >= 11 is 0. The van der Waals surface area contributed by atoms with Crippen molar-refractivity contribution in [1.82, 2.24) is 4.57 Å². The average Bonchev–Trinajstić information content (AvgIpc) is 4.12. The van der Waals surface area contributed by atoms with Crippen molar-refractivity contribution < 1.29 is 8.83 Å².